The highest BCUT2D eigenvalue weighted by Crippen LogP contribution is 2.26. The van der Waals surface area contributed by atoms with Gasteiger partial charge in [-0.1, -0.05) is 36.4 Å². The van der Waals surface area contributed by atoms with E-state index in [1.165, 1.54) is 0 Å². The number of morpholine rings is 1. The molecule has 0 atom stereocenters. The zero-order chi connectivity index (χ0) is 24.4. The van der Waals surface area contributed by atoms with Gasteiger partial charge in [-0.25, -0.2) is 14.8 Å². The number of nitrogens with zero attached hydrogens (tertiary/aromatic N) is 4. The fraction of sp³-hybridized carbons (Fsp3) is 0.296. The second-order valence-electron chi connectivity index (χ2n) is 8.67. The van der Waals surface area contributed by atoms with Crippen molar-refractivity contribution in [2.75, 3.05) is 38.7 Å². The van der Waals surface area contributed by atoms with Crippen LogP contribution >= 0.6 is 0 Å². The number of aryl methyl sites for hydroxylation is 2. The van der Waals surface area contributed by atoms with Gasteiger partial charge in [0, 0.05) is 13.1 Å². The molecule has 0 radical (unpaired) electrons. The van der Waals surface area contributed by atoms with Gasteiger partial charge in [0.25, 0.3) is 0 Å². The molecule has 0 spiro atoms. The summed E-state index contributed by atoms with van der Waals surface area (Å²) in [6, 6.07) is 18.3. The number of anilines is 1. The van der Waals surface area contributed by atoms with Crippen molar-refractivity contribution in [3.05, 3.63) is 71.7 Å². The second-order valence-corrected chi connectivity index (χ2v) is 8.67. The molecule has 2 aromatic carbocycles. The number of rotatable bonds is 5. The number of fused-ring (bicyclic) bond motifs is 1. The van der Waals surface area contributed by atoms with Gasteiger partial charge in [-0.2, -0.15) is 0 Å². The first-order valence-electron chi connectivity index (χ1n) is 11.7. The number of methoxy groups -OCH3 is 1. The molecule has 0 saturated carbocycles. The van der Waals surface area contributed by atoms with Crippen LogP contribution in [-0.2, 0) is 11.3 Å². The number of urea groups is 1. The maximum atomic E-state index is 12.6. The van der Waals surface area contributed by atoms with Gasteiger partial charge in [0.1, 0.15) is 17.1 Å². The van der Waals surface area contributed by atoms with Crippen molar-refractivity contribution in [1.82, 2.24) is 19.4 Å². The molecule has 1 N–H and O–H groups in total. The van der Waals surface area contributed by atoms with E-state index in [4.69, 9.17) is 19.4 Å². The zero-order valence-corrected chi connectivity index (χ0v) is 20.2. The Morgan fingerprint density at radius 3 is 2.54 bits per heavy atom. The number of aromatic nitrogens is 3. The van der Waals surface area contributed by atoms with E-state index in [1.54, 1.807) is 12.0 Å². The van der Waals surface area contributed by atoms with Gasteiger partial charge in [0.05, 0.1) is 38.2 Å². The third-order valence-corrected chi connectivity index (χ3v) is 6.34. The van der Waals surface area contributed by atoms with E-state index in [-0.39, 0.29) is 6.03 Å². The lowest BCUT2D eigenvalue weighted by Gasteiger charge is -2.27. The van der Waals surface area contributed by atoms with Crippen molar-refractivity contribution in [2.24, 2.45) is 0 Å². The summed E-state index contributed by atoms with van der Waals surface area (Å²) in [6.07, 6.45) is 0. The third kappa shape index (κ3) is 4.83. The van der Waals surface area contributed by atoms with E-state index < -0.39 is 0 Å². The molecule has 8 nitrogen and oxygen atoms in total. The lowest BCUT2D eigenvalue weighted by Crippen LogP contribution is -2.43. The summed E-state index contributed by atoms with van der Waals surface area (Å²) in [4.78, 5) is 23.9. The molecule has 1 aliphatic heterocycles. The zero-order valence-electron chi connectivity index (χ0n) is 20.2. The molecule has 1 fully saturated rings. The number of carbonyl (C=O) groups is 1. The van der Waals surface area contributed by atoms with Crippen molar-refractivity contribution >= 4 is 22.9 Å². The van der Waals surface area contributed by atoms with E-state index in [2.05, 4.69) is 40.2 Å². The van der Waals surface area contributed by atoms with Gasteiger partial charge < -0.3 is 24.3 Å². The molecule has 1 saturated heterocycles. The predicted octanol–water partition coefficient (Wildman–Crippen LogP) is 4.64. The molecule has 3 heterocycles. The SMILES string of the molecule is COc1cccc(-c2ccc(Cn3c(C)nc4cc(NC(=O)N5CCOCC5)c(C)nc43)cc2)c1. The Labute approximate surface area is 204 Å². The van der Waals surface area contributed by atoms with Crippen molar-refractivity contribution in [2.45, 2.75) is 20.4 Å². The Hall–Kier alpha value is -3.91. The van der Waals surface area contributed by atoms with Crippen molar-refractivity contribution in [3.8, 4) is 16.9 Å². The fourth-order valence-corrected chi connectivity index (χ4v) is 4.32. The summed E-state index contributed by atoms with van der Waals surface area (Å²) in [6.45, 7) is 6.85. The van der Waals surface area contributed by atoms with Gasteiger partial charge in [-0.15, -0.1) is 0 Å². The van der Waals surface area contributed by atoms with Gasteiger partial charge in [-0.05, 0) is 48.7 Å². The van der Waals surface area contributed by atoms with Crippen LogP contribution in [0.2, 0.25) is 0 Å². The number of hydrogen-bond donors (Lipinski definition) is 1. The first-order valence-corrected chi connectivity index (χ1v) is 11.7. The number of hydrogen-bond acceptors (Lipinski definition) is 5. The Morgan fingerprint density at radius 1 is 1.03 bits per heavy atom. The number of amides is 2. The molecule has 0 unspecified atom stereocenters. The Bertz CT molecular complexity index is 1360. The smallest absolute Gasteiger partial charge is 0.322 e. The lowest BCUT2D eigenvalue weighted by atomic mass is 10.0. The summed E-state index contributed by atoms with van der Waals surface area (Å²) >= 11 is 0. The highest BCUT2D eigenvalue weighted by atomic mass is 16.5. The van der Waals surface area contributed by atoms with E-state index in [1.807, 2.05) is 38.1 Å². The first kappa shape index (κ1) is 22.9. The molecule has 4 aromatic rings. The minimum absolute atomic E-state index is 0.134. The van der Waals surface area contributed by atoms with Crippen LogP contribution in [0.15, 0.2) is 54.6 Å². The average Bonchev–Trinajstić information content (AvgIpc) is 3.18. The molecular weight excluding hydrogens is 442 g/mol. The number of benzene rings is 2. The van der Waals surface area contributed by atoms with Crippen LogP contribution in [0.25, 0.3) is 22.3 Å². The van der Waals surface area contributed by atoms with Crippen LogP contribution in [0, 0.1) is 13.8 Å². The van der Waals surface area contributed by atoms with Crippen LogP contribution in [0.5, 0.6) is 5.75 Å². The monoisotopic (exact) mass is 471 g/mol. The highest BCUT2D eigenvalue weighted by Gasteiger charge is 2.19. The topological polar surface area (TPSA) is 81.5 Å². The summed E-state index contributed by atoms with van der Waals surface area (Å²) < 4.78 is 12.8. The standard InChI is InChI=1S/C27H29N5O3/c1-18-24(30-27(33)31-11-13-35-14-12-31)16-25-26(28-18)32(19(2)29-25)17-20-7-9-21(10-8-20)22-5-4-6-23(15-22)34-3/h4-10,15-16H,11-14,17H2,1-3H3,(H,30,33). The molecule has 2 aromatic heterocycles. The first-order chi connectivity index (χ1) is 17.0. The number of nitrogens with one attached hydrogen (secondary N) is 1. The summed E-state index contributed by atoms with van der Waals surface area (Å²) in [5.74, 6) is 1.72. The normalized spacial score (nSPS) is 13.7. The van der Waals surface area contributed by atoms with E-state index in [0.29, 0.717) is 38.5 Å². The number of ether oxygens (including phenoxy) is 2. The van der Waals surface area contributed by atoms with Crippen molar-refractivity contribution < 1.29 is 14.3 Å². The van der Waals surface area contributed by atoms with Gasteiger partial charge in [0.15, 0.2) is 5.65 Å². The van der Waals surface area contributed by atoms with Gasteiger partial charge >= 0.3 is 6.03 Å². The fourth-order valence-electron chi connectivity index (χ4n) is 4.32. The molecule has 2 amide bonds. The molecule has 0 bridgehead atoms. The Kier molecular flexibility index (Phi) is 6.37. The number of carbonyl (C=O) groups excluding carboxylic acids is 1. The summed E-state index contributed by atoms with van der Waals surface area (Å²) in [5, 5.41) is 2.99. The van der Waals surface area contributed by atoms with Crippen LogP contribution in [-0.4, -0.2) is 58.9 Å². The van der Waals surface area contributed by atoms with E-state index in [0.717, 1.165) is 45.1 Å². The summed E-state index contributed by atoms with van der Waals surface area (Å²) in [7, 11) is 1.68. The average molecular weight is 472 g/mol. The molecule has 5 rings (SSSR count). The predicted molar refractivity (Wildman–Crippen MR) is 136 cm³/mol. The van der Waals surface area contributed by atoms with E-state index >= 15 is 0 Å². The second kappa shape index (κ2) is 9.76. The largest absolute Gasteiger partial charge is 0.497 e. The van der Waals surface area contributed by atoms with E-state index in [9.17, 15) is 4.79 Å². The Balaban J connectivity index is 1.36. The molecule has 180 valence electrons. The molecule has 0 aliphatic carbocycles. The van der Waals surface area contributed by atoms with Gasteiger partial charge in [-0.3, -0.25) is 0 Å². The quantitative estimate of drug-likeness (QED) is 0.459. The van der Waals surface area contributed by atoms with Crippen molar-refractivity contribution in [3.63, 3.8) is 0 Å². The molecule has 1 aliphatic rings. The lowest BCUT2D eigenvalue weighted by molar-refractivity contribution is 0.0564. The number of pyridine rings is 1. The van der Waals surface area contributed by atoms with Crippen molar-refractivity contribution in [1.29, 1.82) is 0 Å². The molecule has 8 heteroatoms. The maximum absolute atomic E-state index is 12.6. The Morgan fingerprint density at radius 2 is 1.80 bits per heavy atom. The van der Waals surface area contributed by atoms with Crippen LogP contribution in [0.4, 0.5) is 10.5 Å². The van der Waals surface area contributed by atoms with Crippen LogP contribution < -0.4 is 10.1 Å². The minimum Gasteiger partial charge on any atom is -0.497 e. The molecule has 35 heavy (non-hydrogen) atoms. The summed E-state index contributed by atoms with van der Waals surface area (Å²) in [5.41, 5.74) is 6.41. The third-order valence-electron chi connectivity index (χ3n) is 6.34. The minimum atomic E-state index is -0.134. The highest BCUT2D eigenvalue weighted by molar-refractivity contribution is 5.92. The van der Waals surface area contributed by atoms with Crippen LogP contribution in [0.1, 0.15) is 17.1 Å². The number of imidazole rings is 1. The van der Waals surface area contributed by atoms with Crippen LogP contribution in [0.3, 0.4) is 0 Å². The van der Waals surface area contributed by atoms with Gasteiger partial charge in [0.2, 0.25) is 0 Å². The molecular formula is C27H29N5O3. The maximum Gasteiger partial charge on any atom is 0.322 e.